The van der Waals surface area contributed by atoms with E-state index in [1.807, 2.05) is 61.5 Å². The molecule has 2 aromatic heterocycles. The molecule has 7 nitrogen and oxygen atoms in total. The fourth-order valence-electron chi connectivity index (χ4n) is 3.34. The van der Waals surface area contributed by atoms with Gasteiger partial charge in [0.15, 0.2) is 10.6 Å². The number of ether oxygens (including phenoxy) is 1. The van der Waals surface area contributed by atoms with Gasteiger partial charge in [0.2, 0.25) is 5.91 Å². The Morgan fingerprint density at radius 1 is 1.19 bits per heavy atom. The summed E-state index contributed by atoms with van der Waals surface area (Å²) in [6, 6.07) is 17.7. The van der Waals surface area contributed by atoms with Crippen molar-refractivity contribution in [2.45, 2.75) is 19.9 Å². The first-order chi connectivity index (χ1) is 15.1. The third kappa shape index (κ3) is 4.97. The number of nitrogens with one attached hydrogen (secondary N) is 2. The fraction of sp³-hybridized carbons (Fsp3) is 0.217. The highest BCUT2D eigenvalue weighted by atomic mass is 32.1. The molecule has 0 atom stereocenters. The van der Waals surface area contributed by atoms with Crippen LogP contribution in [0.15, 0.2) is 60.8 Å². The van der Waals surface area contributed by atoms with Gasteiger partial charge in [-0.1, -0.05) is 42.0 Å². The Morgan fingerprint density at radius 2 is 2.03 bits per heavy atom. The minimum absolute atomic E-state index is 0.104. The minimum Gasteiger partial charge on any atom is -0.491 e. The standard InChI is InChI=1S/C23H23N5O2S/c1-16-6-2-8-18(14-16)22-26-27-23(31)28(22)15-20(29)24-12-5-13-30-19-10-3-7-17-9-4-11-25-21(17)19/h2-4,6-11,14H,5,12-13,15H2,1H3,(H,24,29)(H,27,31). The molecule has 0 fully saturated rings. The van der Waals surface area contributed by atoms with Crippen molar-refractivity contribution in [3.05, 3.63) is 71.1 Å². The van der Waals surface area contributed by atoms with Gasteiger partial charge in [0, 0.05) is 23.7 Å². The topological polar surface area (TPSA) is 84.8 Å². The van der Waals surface area contributed by atoms with Crippen LogP contribution in [-0.4, -0.2) is 38.8 Å². The summed E-state index contributed by atoms with van der Waals surface area (Å²) in [6.45, 7) is 3.10. The van der Waals surface area contributed by atoms with E-state index >= 15 is 0 Å². The van der Waals surface area contributed by atoms with Gasteiger partial charge in [0.1, 0.15) is 17.8 Å². The number of rotatable bonds is 8. The smallest absolute Gasteiger partial charge is 0.240 e. The van der Waals surface area contributed by atoms with Crippen LogP contribution in [0.5, 0.6) is 5.75 Å². The summed E-state index contributed by atoms with van der Waals surface area (Å²) in [6.07, 6.45) is 2.43. The molecule has 4 rings (SSSR count). The molecular formula is C23H23N5O2S. The average Bonchev–Trinajstić information content (AvgIpc) is 3.13. The van der Waals surface area contributed by atoms with Crippen molar-refractivity contribution < 1.29 is 9.53 Å². The number of fused-ring (bicyclic) bond motifs is 1. The van der Waals surface area contributed by atoms with Gasteiger partial charge in [-0.05, 0) is 43.8 Å². The van der Waals surface area contributed by atoms with Crippen LogP contribution in [0.2, 0.25) is 0 Å². The van der Waals surface area contributed by atoms with Crippen molar-refractivity contribution in [1.82, 2.24) is 25.1 Å². The van der Waals surface area contributed by atoms with Gasteiger partial charge >= 0.3 is 0 Å². The second-order valence-corrected chi connectivity index (χ2v) is 7.58. The number of pyridine rings is 1. The van der Waals surface area contributed by atoms with Crippen LogP contribution < -0.4 is 10.1 Å². The summed E-state index contributed by atoms with van der Waals surface area (Å²) >= 11 is 5.31. The molecule has 0 spiro atoms. The number of benzene rings is 2. The predicted octanol–water partition coefficient (Wildman–Crippen LogP) is 4.05. The van der Waals surface area contributed by atoms with Crippen molar-refractivity contribution in [2.24, 2.45) is 0 Å². The lowest BCUT2D eigenvalue weighted by atomic mass is 10.1. The predicted molar refractivity (Wildman–Crippen MR) is 122 cm³/mol. The Balaban J connectivity index is 1.29. The molecule has 4 aromatic rings. The largest absolute Gasteiger partial charge is 0.491 e. The second kappa shape index (κ2) is 9.53. The molecule has 0 saturated heterocycles. The van der Waals surface area contributed by atoms with Crippen LogP contribution in [-0.2, 0) is 11.3 Å². The van der Waals surface area contributed by atoms with E-state index in [1.54, 1.807) is 10.8 Å². The number of aromatic amines is 1. The molecule has 158 valence electrons. The van der Waals surface area contributed by atoms with Gasteiger partial charge in [-0.3, -0.25) is 19.4 Å². The summed E-state index contributed by atoms with van der Waals surface area (Å²) in [5, 5.41) is 11.0. The SMILES string of the molecule is Cc1cccc(-c2n[nH]c(=S)n2CC(=O)NCCCOc2cccc3cccnc23)c1. The molecule has 0 aliphatic carbocycles. The maximum absolute atomic E-state index is 12.5. The number of aromatic nitrogens is 4. The van der Waals surface area contributed by atoms with Crippen LogP contribution in [0.4, 0.5) is 0 Å². The highest BCUT2D eigenvalue weighted by Gasteiger charge is 2.12. The summed E-state index contributed by atoms with van der Waals surface area (Å²) < 4.78 is 7.98. The molecule has 0 saturated carbocycles. The summed E-state index contributed by atoms with van der Waals surface area (Å²) in [4.78, 5) is 16.8. The number of hydrogen-bond donors (Lipinski definition) is 2. The lowest BCUT2D eigenvalue weighted by Gasteiger charge is -2.10. The number of carbonyl (C=O) groups excluding carboxylic acids is 1. The van der Waals surface area contributed by atoms with Gasteiger partial charge in [-0.25, -0.2) is 0 Å². The van der Waals surface area contributed by atoms with E-state index < -0.39 is 0 Å². The van der Waals surface area contributed by atoms with Crippen molar-refractivity contribution in [2.75, 3.05) is 13.2 Å². The number of carbonyl (C=O) groups is 1. The molecule has 0 bridgehead atoms. The monoisotopic (exact) mass is 433 g/mol. The molecule has 8 heteroatoms. The average molecular weight is 434 g/mol. The van der Waals surface area contributed by atoms with Crippen LogP contribution in [0.3, 0.4) is 0 Å². The van der Waals surface area contributed by atoms with Gasteiger partial charge in [-0.2, -0.15) is 5.10 Å². The van der Waals surface area contributed by atoms with Crippen LogP contribution >= 0.6 is 12.2 Å². The highest BCUT2D eigenvalue weighted by Crippen LogP contribution is 2.23. The fourth-order valence-corrected chi connectivity index (χ4v) is 3.54. The first kappa shape index (κ1) is 20.7. The van der Waals surface area contributed by atoms with Crippen molar-refractivity contribution in [3.63, 3.8) is 0 Å². The van der Waals surface area contributed by atoms with Gasteiger partial charge in [0.25, 0.3) is 0 Å². The number of aryl methyl sites for hydroxylation is 1. The third-order valence-corrected chi connectivity index (χ3v) is 5.14. The number of para-hydroxylation sites is 1. The molecule has 2 N–H and O–H groups in total. The van der Waals surface area contributed by atoms with Gasteiger partial charge in [0.05, 0.1) is 6.61 Å². The first-order valence-electron chi connectivity index (χ1n) is 10.1. The minimum atomic E-state index is -0.127. The van der Waals surface area contributed by atoms with Gasteiger partial charge < -0.3 is 10.1 Å². The van der Waals surface area contributed by atoms with E-state index in [0.29, 0.717) is 30.2 Å². The van der Waals surface area contributed by atoms with E-state index in [9.17, 15) is 4.79 Å². The first-order valence-corrected chi connectivity index (χ1v) is 10.5. The summed E-state index contributed by atoms with van der Waals surface area (Å²) in [5.41, 5.74) is 2.87. The zero-order valence-corrected chi connectivity index (χ0v) is 18.0. The molecule has 0 aliphatic rings. The quantitative estimate of drug-likeness (QED) is 0.323. The van der Waals surface area contributed by atoms with Crippen molar-refractivity contribution >= 4 is 29.0 Å². The highest BCUT2D eigenvalue weighted by molar-refractivity contribution is 7.71. The zero-order chi connectivity index (χ0) is 21.6. The van der Waals surface area contributed by atoms with E-state index in [-0.39, 0.29) is 12.5 Å². The molecule has 1 amide bonds. The van der Waals surface area contributed by atoms with E-state index in [2.05, 4.69) is 20.5 Å². The van der Waals surface area contributed by atoms with Crippen molar-refractivity contribution in [1.29, 1.82) is 0 Å². The molecule has 2 aromatic carbocycles. The third-order valence-electron chi connectivity index (χ3n) is 4.83. The Hall–Kier alpha value is -3.52. The van der Waals surface area contributed by atoms with Crippen LogP contribution in [0.25, 0.3) is 22.3 Å². The van der Waals surface area contributed by atoms with E-state index in [1.165, 1.54) is 0 Å². The van der Waals surface area contributed by atoms with Crippen molar-refractivity contribution in [3.8, 4) is 17.1 Å². The Bertz CT molecular complexity index is 1260. The molecule has 0 aliphatic heterocycles. The number of hydrogen-bond acceptors (Lipinski definition) is 5. The molecule has 31 heavy (non-hydrogen) atoms. The Kier molecular flexibility index (Phi) is 6.37. The lowest BCUT2D eigenvalue weighted by Crippen LogP contribution is -2.29. The molecular weight excluding hydrogens is 410 g/mol. The Labute approximate surface area is 185 Å². The lowest BCUT2D eigenvalue weighted by molar-refractivity contribution is -0.121. The maximum Gasteiger partial charge on any atom is 0.240 e. The zero-order valence-electron chi connectivity index (χ0n) is 17.2. The Morgan fingerprint density at radius 3 is 2.90 bits per heavy atom. The summed E-state index contributed by atoms with van der Waals surface area (Å²) in [7, 11) is 0. The molecule has 0 radical (unpaired) electrons. The summed E-state index contributed by atoms with van der Waals surface area (Å²) in [5.74, 6) is 1.27. The number of nitrogens with zero attached hydrogens (tertiary/aromatic N) is 3. The molecule has 0 unspecified atom stereocenters. The van der Waals surface area contributed by atoms with E-state index in [4.69, 9.17) is 17.0 Å². The number of H-pyrrole nitrogens is 1. The number of amides is 1. The van der Waals surface area contributed by atoms with Crippen LogP contribution in [0, 0.1) is 11.7 Å². The van der Waals surface area contributed by atoms with E-state index in [0.717, 1.165) is 27.8 Å². The van der Waals surface area contributed by atoms with Crippen LogP contribution in [0.1, 0.15) is 12.0 Å². The van der Waals surface area contributed by atoms with Gasteiger partial charge in [-0.15, -0.1) is 0 Å². The second-order valence-electron chi connectivity index (χ2n) is 7.19. The maximum atomic E-state index is 12.5. The molecule has 2 heterocycles. The normalized spacial score (nSPS) is 10.9.